The lowest BCUT2D eigenvalue weighted by Crippen LogP contribution is -1.90. The van der Waals surface area contributed by atoms with Crippen LogP contribution in [-0.4, -0.2) is 5.16 Å². The van der Waals surface area contributed by atoms with Crippen LogP contribution in [0.2, 0.25) is 0 Å². The molecule has 88 valence electrons. The van der Waals surface area contributed by atoms with Crippen LogP contribution in [0.4, 0.5) is 5.82 Å². The van der Waals surface area contributed by atoms with Crippen LogP contribution in [0.5, 0.6) is 0 Å². The highest BCUT2D eigenvalue weighted by Gasteiger charge is 2.28. The lowest BCUT2D eigenvalue weighted by molar-refractivity contribution is 0.435. The number of aromatic nitrogens is 1. The van der Waals surface area contributed by atoms with E-state index in [9.17, 15) is 0 Å². The van der Waals surface area contributed by atoms with Gasteiger partial charge in [-0.15, -0.1) is 0 Å². The van der Waals surface area contributed by atoms with E-state index < -0.39 is 0 Å². The molecule has 0 saturated heterocycles. The molecule has 0 unspecified atom stereocenters. The molecule has 1 heterocycles. The monoisotopic (exact) mass is 292 g/mol. The maximum Gasteiger partial charge on any atom is 0.172 e. The van der Waals surface area contributed by atoms with Gasteiger partial charge < -0.3 is 10.3 Å². The van der Waals surface area contributed by atoms with Gasteiger partial charge >= 0.3 is 0 Å². The van der Waals surface area contributed by atoms with E-state index in [0.717, 1.165) is 21.4 Å². The number of benzene rings is 1. The molecule has 4 heteroatoms. The minimum atomic E-state index is 0.474. The highest BCUT2D eigenvalue weighted by molar-refractivity contribution is 9.10. The smallest absolute Gasteiger partial charge is 0.172 e. The molecule has 17 heavy (non-hydrogen) atoms. The fourth-order valence-electron chi connectivity index (χ4n) is 2.07. The minimum absolute atomic E-state index is 0.474. The topological polar surface area (TPSA) is 52.0 Å². The second kappa shape index (κ2) is 3.88. The van der Waals surface area contributed by atoms with Gasteiger partial charge in [0, 0.05) is 15.6 Å². The molecule has 0 atom stereocenters. The van der Waals surface area contributed by atoms with E-state index in [1.165, 1.54) is 18.4 Å². The predicted molar refractivity (Wildman–Crippen MR) is 70.8 cm³/mol. The average molecular weight is 293 g/mol. The Morgan fingerprint density at radius 2 is 2.18 bits per heavy atom. The lowest BCUT2D eigenvalue weighted by Gasteiger charge is -2.07. The summed E-state index contributed by atoms with van der Waals surface area (Å²) in [6.07, 6.45) is 2.52. The summed E-state index contributed by atoms with van der Waals surface area (Å²) in [7, 11) is 0. The summed E-state index contributed by atoms with van der Waals surface area (Å²) in [5.74, 6) is 1.94. The van der Waals surface area contributed by atoms with Crippen LogP contribution < -0.4 is 5.73 Å². The first-order chi connectivity index (χ1) is 8.16. The van der Waals surface area contributed by atoms with Gasteiger partial charge in [-0.2, -0.15) is 0 Å². The number of halogens is 1. The molecule has 1 aromatic carbocycles. The molecule has 1 aliphatic rings. The normalized spacial score (nSPS) is 15.2. The van der Waals surface area contributed by atoms with E-state index in [-0.39, 0.29) is 0 Å². The number of hydrogen-bond donors (Lipinski definition) is 1. The van der Waals surface area contributed by atoms with Gasteiger partial charge in [0.2, 0.25) is 0 Å². The van der Waals surface area contributed by atoms with Crippen molar-refractivity contribution in [2.45, 2.75) is 25.7 Å². The molecular weight excluding hydrogens is 280 g/mol. The third-order valence-electron chi connectivity index (χ3n) is 3.24. The molecule has 3 nitrogen and oxygen atoms in total. The Bertz CT molecular complexity index is 573. The third kappa shape index (κ3) is 1.86. The molecule has 2 aromatic rings. The molecular formula is C13H13BrN2O. The van der Waals surface area contributed by atoms with Crippen molar-refractivity contribution >= 4 is 21.7 Å². The lowest BCUT2D eigenvalue weighted by atomic mass is 9.99. The summed E-state index contributed by atoms with van der Waals surface area (Å²) in [6.45, 7) is 1.94. The summed E-state index contributed by atoms with van der Waals surface area (Å²) < 4.78 is 6.41. The van der Waals surface area contributed by atoms with Crippen LogP contribution in [0.1, 0.15) is 29.9 Å². The second-order valence-corrected chi connectivity index (χ2v) is 5.44. The minimum Gasteiger partial charge on any atom is -0.381 e. The standard InChI is InChI=1S/C13H13BrN2O/c1-7-12(17-16-13(7)15)11-6-9(14)4-5-10(11)8-2-3-8/h4-6,8H,2-3H2,1H3,(H2,15,16). The average Bonchev–Trinajstić information content (AvgIpc) is 3.08. The van der Waals surface area contributed by atoms with Gasteiger partial charge in [0.25, 0.3) is 0 Å². The second-order valence-electron chi connectivity index (χ2n) is 4.53. The summed E-state index contributed by atoms with van der Waals surface area (Å²) >= 11 is 3.50. The van der Waals surface area contributed by atoms with E-state index >= 15 is 0 Å². The zero-order valence-corrected chi connectivity index (χ0v) is 11.1. The van der Waals surface area contributed by atoms with Crippen LogP contribution in [0.25, 0.3) is 11.3 Å². The van der Waals surface area contributed by atoms with Crippen LogP contribution in [0.3, 0.4) is 0 Å². The summed E-state index contributed by atoms with van der Waals surface area (Å²) in [5, 5.41) is 3.83. The van der Waals surface area contributed by atoms with Gasteiger partial charge in [0.15, 0.2) is 11.6 Å². The van der Waals surface area contributed by atoms with Gasteiger partial charge in [0.1, 0.15) is 0 Å². The first-order valence-electron chi connectivity index (χ1n) is 5.68. The van der Waals surface area contributed by atoms with E-state index in [1.54, 1.807) is 0 Å². The SMILES string of the molecule is Cc1c(N)noc1-c1cc(Br)ccc1C1CC1. The molecule has 1 aliphatic carbocycles. The molecule has 0 amide bonds. The molecule has 0 aliphatic heterocycles. The number of rotatable bonds is 2. The number of nitrogens with two attached hydrogens (primary N) is 1. The van der Waals surface area contributed by atoms with E-state index in [4.69, 9.17) is 10.3 Å². The molecule has 1 fully saturated rings. The Morgan fingerprint density at radius 3 is 2.76 bits per heavy atom. The van der Waals surface area contributed by atoms with E-state index in [0.29, 0.717) is 11.7 Å². The fraction of sp³-hybridized carbons (Fsp3) is 0.308. The number of nitrogen functional groups attached to an aromatic ring is 1. The summed E-state index contributed by atoms with van der Waals surface area (Å²) in [5.41, 5.74) is 9.12. The van der Waals surface area contributed by atoms with Crippen molar-refractivity contribution < 1.29 is 4.52 Å². The maximum atomic E-state index is 5.74. The van der Waals surface area contributed by atoms with E-state index in [1.807, 2.05) is 6.92 Å². The number of anilines is 1. The van der Waals surface area contributed by atoms with Gasteiger partial charge in [-0.3, -0.25) is 0 Å². The van der Waals surface area contributed by atoms with Gasteiger partial charge in [-0.25, -0.2) is 0 Å². The fourth-order valence-corrected chi connectivity index (χ4v) is 2.44. The molecule has 0 bridgehead atoms. The van der Waals surface area contributed by atoms with Crippen molar-refractivity contribution in [1.29, 1.82) is 0 Å². The molecule has 1 saturated carbocycles. The largest absolute Gasteiger partial charge is 0.381 e. The van der Waals surface area contributed by atoms with Crippen LogP contribution in [-0.2, 0) is 0 Å². The Balaban J connectivity index is 2.18. The maximum absolute atomic E-state index is 5.74. The quantitative estimate of drug-likeness (QED) is 0.914. The number of nitrogens with zero attached hydrogens (tertiary/aromatic N) is 1. The highest BCUT2D eigenvalue weighted by atomic mass is 79.9. The molecule has 1 aromatic heterocycles. The van der Waals surface area contributed by atoms with Gasteiger partial charge in [0.05, 0.1) is 0 Å². The Morgan fingerprint density at radius 1 is 1.41 bits per heavy atom. The zero-order valence-electron chi connectivity index (χ0n) is 9.53. The number of hydrogen-bond acceptors (Lipinski definition) is 3. The van der Waals surface area contributed by atoms with Crippen molar-refractivity contribution in [3.05, 3.63) is 33.8 Å². The van der Waals surface area contributed by atoms with Gasteiger partial charge in [-0.1, -0.05) is 27.2 Å². The third-order valence-corrected chi connectivity index (χ3v) is 3.73. The molecule has 3 rings (SSSR count). The van der Waals surface area contributed by atoms with Crippen molar-refractivity contribution in [3.8, 4) is 11.3 Å². The predicted octanol–water partition coefficient (Wildman–Crippen LogP) is 3.87. The molecule has 0 radical (unpaired) electrons. The van der Waals surface area contributed by atoms with Crippen molar-refractivity contribution in [1.82, 2.24) is 5.16 Å². The van der Waals surface area contributed by atoms with Gasteiger partial charge in [-0.05, 0) is 43.4 Å². The first-order valence-corrected chi connectivity index (χ1v) is 6.47. The summed E-state index contributed by atoms with van der Waals surface area (Å²) in [6, 6.07) is 6.32. The first kappa shape index (κ1) is 10.8. The molecule has 2 N–H and O–H groups in total. The van der Waals surface area contributed by atoms with Crippen molar-refractivity contribution in [2.24, 2.45) is 0 Å². The highest BCUT2D eigenvalue weighted by Crippen LogP contribution is 2.45. The van der Waals surface area contributed by atoms with Crippen LogP contribution in [0, 0.1) is 6.92 Å². The zero-order chi connectivity index (χ0) is 12.0. The Labute approximate surface area is 108 Å². The van der Waals surface area contributed by atoms with E-state index in [2.05, 4.69) is 39.3 Å². The van der Waals surface area contributed by atoms with Crippen LogP contribution in [0.15, 0.2) is 27.2 Å². The van der Waals surface area contributed by atoms with Crippen LogP contribution >= 0.6 is 15.9 Å². The molecule has 0 spiro atoms. The van der Waals surface area contributed by atoms with Crippen molar-refractivity contribution in [2.75, 3.05) is 5.73 Å². The van der Waals surface area contributed by atoms with Crippen molar-refractivity contribution in [3.63, 3.8) is 0 Å². The summed E-state index contributed by atoms with van der Waals surface area (Å²) in [4.78, 5) is 0. The Hall–Kier alpha value is -1.29. The Kier molecular flexibility index (Phi) is 2.47.